The van der Waals surface area contributed by atoms with E-state index < -0.39 is 0 Å². The molecular weight excluding hydrogens is 350 g/mol. The van der Waals surface area contributed by atoms with Crippen LogP contribution in [0.5, 0.6) is 5.75 Å². The molecule has 1 unspecified atom stereocenters. The normalized spacial score (nSPS) is 11.6. The van der Waals surface area contributed by atoms with Gasteiger partial charge in [-0.05, 0) is 41.8 Å². The molecule has 0 aliphatic heterocycles. The van der Waals surface area contributed by atoms with Crippen LogP contribution in [0.25, 0.3) is 0 Å². The van der Waals surface area contributed by atoms with Gasteiger partial charge < -0.3 is 10.1 Å². The van der Waals surface area contributed by atoms with Gasteiger partial charge in [0.2, 0.25) is 5.91 Å². The quantitative estimate of drug-likeness (QED) is 0.603. The van der Waals surface area contributed by atoms with Crippen LogP contribution in [0.3, 0.4) is 0 Å². The summed E-state index contributed by atoms with van der Waals surface area (Å²) in [6.45, 7) is 0.811. The lowest BCUT2D eigenvalue weighted by molar-refractivity contribution is -0.120. The second-order valence-electron chi connectivity index (χ2n) is 6.43. The molecule has 0 bridgehead atoms. The molecule has 144 valence electrons. The third-order valence-corrected chi connectivity index (χ3v) is 4.48. The predicted molar refractivity (Wildman–Crippen MR) is 110 cm³/mol. The Balaban J connectivity index is 1.52. The molecule has 2 N–H and O–H groups in total. The van der Waals surface area contributed by atoms with Crippen molar-refractivity contribution in [3.8, 4) is 5.75 Å². The molecule has 28 heavy (non-hydrogen) atoms. The minimum Gasteiger partial charge on any atom is -0.497 e. The summed E-state index contributed by atoms with van der Waals surface area (Å²) in [7, 11) is 1.65. The maximum absolute atomic E-state index is 12.3. The van der Waals surface area contributed by atoms with Crippen LogP contribution in [0, 0.1) is 0 Å². The van der Waals surface area contributed by atoms with Gasteiger partial charge in [0.1, 0.15) is 5.75 Å². The topological polar surface area (TPSA) is 63.2 Å². The van der Waals surface area contributed by atoms with Gasteiger partial charge in [0, 0.05) is 12.7 Å². The van der Waals surface area contributed by atoms with Crippen LogP contribution in [0.15, 0.2) is 79.0 Å². The number of pyridine rings is 1. The number of nitrogens with zero attached hydrogens (tertiary/aromatic N) is 1. The third-order valence-electron chi connectivity index (χ3n) is 4.48. The van der Waals surface area contributed by atoms with Gasteiger partial charge in [0.25, 0.3) is 0 Å². The highest BCUT2D eigenvalue weighted by molar-refractivity contribution is 5.78. The summed E-state index contributed by atoms with van der Waals surface area (Å²) in [5.41, 5.74) is 3.12. The van der Waals surface area contributed by atoms with Crippen molar-refractivity contribution >= 4 is 5.91 Å². The first kappa shape index (κ1) is 19.6. The van der Waals surface area contributed by atoms with Gasteiger partial charge in [-0.15, -0.1) is 0 Å². The molecule has 0 fully saturated rings. The van der Waals surface area contributed by atoms with Crippen molar-refractivity contribution < 1.29 is 9.53 Å². The number of aromatic nitrogens is 1. The van der Waals surface area contributed by atoms with Crippen molar-refractivity contribution in [2.75, 3.05) is 20.2 Å². The van der Waals surface area contributed by atoms with Crippen molar-refractivity contribution in [2.45, 2.75) is 12.5 Å². The number of nitrogens with one attached hydrogen (secondary N) is 2. The molecule has 5 heteroatoms. The second-order valence-corrected chi connectivity index (χ2v) is 6.43. The number of carbonyl (C=O) groups is 1. The highest BCUT2D eigenvalue weighted by Crippen LogP contribution is 2.19. The van der Waals surface area contributed by atoms with E-state index in [1.165, 1.54) is 0 Å². The van der Waals surface area contributed by atoms with Crippen LogP contribution in [-0.4, -0.2) is 31.1 Å². The second kappa shape index (κ2) is 10.2. The number of rotatable bonds is 9. The Morgan fingerprint density at radius 2 is 1.75 bits per heavy atom. The Kier molecular flexibility index (Phi) is 7.15. The number of ether oxygens (including phenoxy) is 1. The summed E-state index contributed by atoms with van der Waals surface area (Å²) in [6, 6.07) is 23.6. The summed E-state index contributed by atoms with van der Waals surface area (Å²) < 4.78 is 5.16. The molecule has 0 radical (unpaired) electrons. The molecule has 1 amide bonds. The maximum atomic E-state index is 12.3. The lowest BCUT2D eigenvalue weighted by Gasteiger charge is -2.18. The molecule has 0 spiro atoms. The molecule has 2 aromatic carbocycles. The van der Waals surface area contributed by atoms with Gasteiger partial charge in [0.05, 0.1) is 25.4 Å². The molecule has 3 aromatic rings. The van der Waals surface area contributed by atoms with E-state index >= 15 is 0 Å². The molecule has 0 aliphatic carbocycles. The minimum atomic E-state index is -0.130. The van der Waals surface area contributed by atoms with Gasteiger partial charge in [0.15, 0.2) is 0 Å². The molecule has 1 aromatic heterocycles. The van der Waals surface area contributed by atoms with Crippen LogP contribution >= 0.6 is 0 Å². The van der Waals surface area contributed by atoms with Crippen molar-refractivity contribution in [1.82, 2.24) is 15.6 Å². The SMILES string of the molecule is COc1ccc(CCNC(=O)CNC(c2ccccc2)c2ccccn2)cc1. The Bertz CT molecular complexity index is 813. The van der Waals surface area contributed by atoms with Crippen LogP contribution in [0.4, 0.5) is 0 Å². The van der Waals surface area contributed by atoms with Crippen LogP contribution in [-0.2, 0) is 11.2 Å². The molecule has 5 nitrogen and oxygen atoms in total. The van der Waals surface area contributed by atoms with E-state index in [2.05, 4.69) is 15.6 Å². The van der Waals surface area contributed by atoms with E-state index in [1.807, 2.05) is 72.8 Å². The summed E-state index contributed by atoms with van der Waals surface area (Å²) >= 11 is 0. The summed E-state index contributed by atoms with van der Waals surface area (Å²) in [5, 5.41) is 6.29. The Morgan fingerprint density at radius 3 is 2.43 bits per heavy atom. The Hall–Kier alpha value is -3.18. The number of hydrogen-bond donors (Lipinski definition) is 2. The monoisotopic (exact) mass is 375 g/mol. The first-order valence-electron chi connectivity index (χ1n) is 9.35. The number of hydrogen-bond acceptors (Lipinski definition) is 4. The number of carbonyl (C=O) groups excluding carboxylic acids is 1. The summed E-state index contributed by atoms with van der Waals surface area (Å²) in [4.78, 5) is 16.7. The zero-order valence-corrected chi connectivity index (χ0v) is 16.0. The predicted octanol–water partition coefficient (Wildman–Crippen LogP) is 3.13. The van der Waals surface area contributed by atoms with Gasteiger partial charge >= 0.3 is 0 Å². The van der Waals surface area contributed by atoms with Gasteiger partial charge in [-0.2, -0.15) is 0 Å². The Labute approximate surface area is 165 Å². The molecule has 3 rings (SSSR count). The molecule has 1 atom stereocenters. The molecule has 0 aliphatic rings. The summed E-state index contributed by atoms with van der Waals surface area (Å²) in [5.74, 6) is 0.795. The van der Waals surface area contributed by atoms with Crippen LogP contribution < -0.4 is 15.4 Å². The van der Waals surface area contributed by atoms with E-state index in [0.29, 0.717) is 6.54 Å². The van der Waals surface area contributed by atoms with Crippen molar-refractivity contribution in [3.63, 3.8) is 0 Å². The summed E-state index contributed by atoms with van der Waals surface area (Å²) in [6.07, 6.45) is 2.54. The number of benzene rings is 2. The number of amides is 1. The fourth-order valence-corrected chi connectivity index (χ4v) is 2.98. The smallest absolute Gasteiger partial charge is 0.233 e. The zero-order chi connectivity index (χ0) is 19.6. The average molecular weight is 375 g/mol. The van der Waals surface area contributed by atoms with Crippen molar-refractivity contribution in [3.05, 3.63) is 95.8 Å². The average Bonchev–Trinajstić information content (AvgIpc) is 2.76. The largest absolute Gasteiger partial charge is 0.497 e. The fraction of sp³-hybridized carbons (Fsp3) is 0.217. The van der Waals surface area contributed by atoms with Crippen LogP contribution in [0.2, 0.25) is 0 Å². The zero-order valence-electron chi connectivity index (χ0n) is 16.0. The van der Waals surface area contributed by atoms with E-state index in [9.17, 15) is 4.79 Å². The fourth-order valence-electron chi connectivity index (χ4n) is 2.98. The first-order valence-corrected chi connectivity index (χ1v) is 9.35. The molecule has 0 saturated carbocycles. The van der Waals surface area contributed by atoms with E-state index in [0.717, 1.165) is 29.0 Å². The van der Waals surface area contributed by atoms with Gasteiger partial charge in [-0.1, -0.05) is 48.5 Å². The number of methoxy groups -OCH3 is 1. The van der Waals surface area contributed by atoms with E-state index in [4.69, 9.17) is 4.74 Å². The highest BCUT2D eigenvalue weighted by atomic mass is 16.5. The van der Waals surface area contributed by atoms with Crippen LogP contribution in [0.1, 0.15) is 22.9 Å². The maximum Gasteiger partial charge on any atom is 0.233 e. The molecular formula is C23H25N3O2. The van der Waals surface area contributed by atoms with E-state index in [-0.39, 0.29) is 18.5 Å². The molecule has 0 saturated heterocycles. The van der Waals surface area contributed by atoms with Crippen molar-refractivity contribution in [1.29, 1.82) is 0 Å². The van der Waals surface area contributed by atoms with Gasteiger partial charge in [-0.3, -0.25) is 15.1 Å². The standard InChI is InChI=1S/C23H25N3O2/c1-28-20-12-10-18(11-13-20)14-16-25-22(27)17-26-23(19-7-3-2-4-8-19)21-9-5-6-15-24-21/h2-13,15,23,26H,14,16-17H2,1H3,(H,25,27). The van der Waals surface area contributed by atoms with Crippen molar-refractivity contribution in [2.24, 2.45) is 0 Å². The first-order chi connectivity index (χ1) is 13.8. The lowest BCUT2D eigenvalue weighted by atomic mass is 10.0. The third kappa shape index (κ3) is 5.66. The van der Waals surface area contributed by atoms with Gasteiger partial charge in [-0.25, -0.2) is 0 Å². The molecule has 1 heterocycles. The Morgan fingerprint density at radius 1 is 1.00 bits per heavy atom. The lowest BCUT2D eigenvalue weighted by Crippen LogP contribution is -2.37. The minimum absolute atomic E-state index is 0.0367. The highest BCUT2D eigenvalue weighted by Gasteiger charge is 2.15. The van der Waals surface area contributed by atoms with E-state index in [1.54, 1.807) is 13.3 Å².